The fraction of sp³-hybridized carbons (Fsp3) is 0.148. The van der Waals surface area contributed by atoms with Gasteiger partial charge in [-0.05, 0) is 65.9 Å². The number of urea groups is 1. The first-order valence-electron chi connectivity index (χ1n) is 10.9. The topological polar surface area (TPSA) is 46.5 Å². The van der Waals surface area contributed by atoms with Crippen molar-refractivity contribution in [3.05, 3.63) is 107 Å². The molecule has 0 saturated carbocycles. The Bertz CT molecular complexity index is 1340. The molecule has 3 aromatic carbocycles. The molecule has 0 saturated heterocycles. The van der Waals surface area contributed by atoms with E-state index in [1.165, 1.54) is 4.90 Å². The van der Waals surface area contributed by atoms with Crippen molar-refractivity contribution in [2.45, 2.75) is 17.5 Å². The first kappa shape index (κ1) is 22.4. The number of nitrogens with zero attached hydrogens (tertiary/aromatic N) is 2. The zero-order valence-electron chi connectivity index (χ0n) is 18.9. The molecule has 1 N–H and O–H groups in total. The second-order valence-electron chi connectivity index (χ2n) is 8.01. The van der Waals surface area contributed by atoms with Gasteiger partial charge in [0.05, 0.1) is 31.1 Å². The van der Waals surface area contributed by atoms with Crippen molar-refractivity contribution in [1.82, 2.24) is 9.47 Å². The summed E-state index contributed by atoms with van der Waals surface area (Å²) in [4.78, 5) is 16.9. The molecule has 1 aromatic heterocycles. The summed E-state index contributed by atoms with van der Waals surface area (Å²) in [6.07, 6.45) is 4.11. The molecule has 1 unspecified atom stereocenters. The van der Waals surface area contributed by atoms with Crippen LogP contribution in [0.1, 0.15) is 22.9 Å². The summed E-state index contributed by atoms with van der Waals surface area (Å²) in [5.41, 5.74) is 4.73. The minimum Gasteiger partial charge on any atom is -0.495 e. The molecule has 0 aliphatic carbocycles. The number of nitrogens with one attached hydrogen (secondary N) is 1. The van der Waals surface area contributed by atoms with Crippen molar-refractivity contribution in [3.63, 3.8) is 0 Å². The quantitative estimate of drug-likeness (QED) is 0.314. The largest absolute Gasteiger partial charge is 0.495 e. The Morgan fingerprint density at radius 2 is 1.85 bits per heavy atom. The Balaban J connectivity index is 1.62. The Hall–Kier alpha value is -3.35. The van der Waals surface area contributed by atoms with Crippen LogP contribution in [-0.4, -0.2) is 28.9 Å². The highest BCUT2D eigenvalue weighted by Gasteiger charge is 2.33. The predicted octanol–water partition coefficient (Wildman–Crippen LogP) is 7.00. The van der Waals surface area contributed by atoms with Gasteiger partial charge in [-0.15, -0.1) is 11.8 Å². The molecule has 5 nitrogen and oxygen atoms in total. The number of carbonyl (C=O) groups excluding carboxylic acids is 1. The molecule has 7 heteroatoms. The Labute approximate surface area is 208 Å². The van der Waals surface area contributed by atoms with Gasteiger partial charge in [-0.25, -0.2) is 4.79 Å². The van der Waals surface area contributed by atoms with Gasteiger partial charge >= 0.3 is 6.03 Å². The summed E-state index contributed by atoms with van der Waals surface area (Å²) in [7, 11) is 1.57. The number of halogens is 1. The van der Waals surface area contributed by atoms with Gasteiger partial charge in [0.15, 0.2) is 0 Å². The lowest BCUT2D eigenvalue weighted by Gasteiger charge is -2.31. The summed E-state index contributed by atoms with van der Waals surface area (Å²) in [6, 6.07) is 25.4. The molecule has 1 atom stereocenters. The predicted molar refractivity (Wildman–Crippen MR) is 138 cm³/mol. The third-order valence-corrected chi connectivity index (χ3v) is 7.04. The number of aromatic nitrogens is 1. The van der Waals surface area contributed by atoms with Crippen molar-refractivity contribution in [2.75, 3.05) is 18.7 Å². The minimum atomic E-state index is -0.288. The van der Waals surface area contributed by atoms with E-state index in [4.69, 9.17) is 16.3 Å². The van der Waals surface area contributed by atoms with Gasteiger partial charge in [0.1, 0.15) is 5.75 Å². The van der Waals surface area contributed by atoms with E-state index < -0.39 is 0 Å². The third-order valence-electron chi connectivity index (χ3n) is 6.06. The van der Waals surface area contributed by atoms with Crippen LogP contribution in [0.5, 0.6) is 5.75 Å². The van der Waals surface area contributed by atoms with Crippen LogP contribution in [0.3, 0.4) is 0 Å². The number of para-hydroxylation sites is 1. The highest BCUT2D eigenvalue weighted by atomic mass is 35.5. The van der Waals surface area contributed by atoms with E-state index in [9.17, 15) is 4.79 Å². The SMILES string of the molecule is COc1ccc(Cl)cc1NC(=O)N1Cc2ccccc2-n2cccc2C1c1ccc(SC)cc1. The standard InChI is InChI=1S/C27H24ClN3O2S/c1-33-25-14-11-20(28)16-22(25)29-27(32)31-17-19-6-3-4-7-23(19)30-15-5-8-24(30)26(31)18-9-12-21(34-2)13-10-18/h3-16,26H,17H2,1-2H3,(H,29,32). The van der Waals surface area contributed by atoms with Crippen molar-refractivity contribution in [1.29, 1.82) is 0 Å². The normalized spacial score (nSPS) is 14.7. The molecule has 172 valence electrons. The zero-order valence-corrected chi connectivity index (χ0v) is 20.4. The highest BCUT2D eigenvalue weighted by Crippen LogP contribution is 2.38. The molecule has 2 heterocycles. The number of anilines is 1. The Morgan fingerprint density at radius 3 is 2.62 bits per heavy atom. The van der Waals surface area contributed by atoms with Gasteiger partial charge in [0.2, 0.25) is 0 Å². The molecule has 0 fully saturated rings. The fourth-order valence-corrected chi connectivity index (χ4v) is 5.02. The number of hydrogen-bond donors (Lipinski definition) is 1. The van der Waals surface area contributed by atoms with Crippen molar-refractivity contribution >= 4 is 35.1 Å². The van der Waals surface area contributed by atoms with Crippen molar-refractivity contribution in [2.24, 2.45) is 0 Å². The number of fused-ring (bicyclic) bond motifs is 3. The van der Waals surface area contributed by atoms with Crippen molar-refractivity contribution in [3.8, 4) is 11.4 Å². The van der Waals surface area contributed by atoms with E-state index >= 15 is 0 Å². The minimum absolute atomic E-state index is 0.232. The molecule has 0 spiro atoms. The van der Waals surface area contributed by atoms with Gasteiger partial charge in [0.25, 0.3) is 0 Å². The lowest BCUT2D eigenvalue weighted by atomic mass is 10.0. The Morgan fingerprint density at radius 1 is 1.06 bits per heavy atom. The lowest BCUT2D eigenvalue weighted by molar-refractivity contribution is 0.194. The average Bonchev–Trinajstić information content (AvgIpc) is 3.28. The Kier molecular flexibility index (Phi) is 6.26. The van der Waals surface area contributed by atoms with E-state index in [0.717, 1.165) is 22.5 Å². The van der Waals surface area contributed by atoms with Gasteiger partial charge in [-0.2, -0.15) is 0 Å². The van der Waals surface area contributed by atoms with Crippen LogP contribution >= 0.6 is 23.4 Å². The van der Waals surface area contributed by atoms with Crippen LogP contribution in [0.2, 0.25) is 5.02 Å². The zero-order chi connectivity index (χ0) is 23.7. The third kappa shape index (κ3) is 4.15. The number of ether oxygens (including phenoxy) is 1. The van der Waals surface area contributed by atoms with E-state index in [0.29, 0.717) is 23.0 Å². The van der Waals surface area contributed by atoms with Crippen molar-refractivity contribution < 1.29 is 9.53 Å². The summed E-state index contributed by atoms with van der Waals surface area (Å²) < 4.78 is 7.63. The number of benzene rings is 3. The number of thioether (sulfide) groups is 1. The van der Waals surface area contributed by atoms with Crippen LogP contribution in [0.25, 0.3) is 5.69 Å². The van der Waals surface area contributed by atoms with Gasteiger partial charge < -0.3 is 19.5 Å². The lowest BCUT2D eigenvalue weighted by Crippen LogP contribution is -2.38. The highest BCUT2D eigenvalue weighted by molar-refractivity contribution is 7.98. The maximum atomic E-state index is 13.9. The number of methoxy groups -OCH3 is 1. The first-order chi connectivity index (χ1) is 16.6. The van der Waals surface area contributed by atoms with E-state index in [-0.39, 0.29) is 12.1 Å². The maximum absolute atomic E-state index is 13.9. The number of rotatable bonds is 4. The first-order valence-corrected chi connectivity index (χ1v) is 12.5. The molecular weight excluding hydrogens is 466 g/mol. The van der Waals surface area contributed by atoms with Gasteiger partial charge in [-0.3, -0.25) is 0 Å². The smallest absolute Gasteiger partial charge is 0.323 e. The monoisotopic (exact) mass is 489 g/mol. The molecule has 2 amide bonds. The molecule has 5 rings (SSSR count). The summed E-state index contributed by atoms with van der Waals surface area (Å²) in [5, 5.41) is 3.56. The van der Waals surface area contributed by atoms with Gasteiger partial charge in [0, 0.05) is 21.8 Å². The second kappa shape index (κ2) is 9.49. The van der Waals surface area contributed by atoms with Crippen LogP contribution in [-0.2, 0) is 6.54 Å². The molecule has 1 aliphatic rings. The number of carbonyl (C=O) groups is 1. The molecule has 1 aliphatic heterocycles. The van der Waals surface area contributed by atoms with E-state index in [1.807, 2.05) is 23.1 Å². The van der Waals surface area contributed by atoms with Crippen LogP contribution in [0, 0.1) is 0 Å². The van der Waals surface area contributed by atoms with E-state index in [1.54, 1.807) is 37.1 Å². The maximum Gasteiger partial charge on any atom is 0.323 e. The molecule has 0 radical (unpaired) electrons. The van der Waals surface area contributed by atoms with Crippen LogP contribution < -0.4 is 10.1 Å². The average molecular weight is 490 g/mol. The molecular formula is C27H24ClN3O2S. The summed E-state index contributed by atoms with van der Waals surface area (Å²) in [5.74, 6) is 0.553. The molecule has 4 aromatic rings. The fourth-order valence-electron chi connectivity index (χ4n) is 4.44. The van der Waals surface area contributed by atoms with E-state index in [2.05, 4.69) is 64.8 Å². The number of amides is 2. The summed E-state index contributed by atoms with van der Waals surface area (Å²) >= 11 is 7.91. The van der Waals surface area contributed by atoms with Gasteiger partial charge in [-0.1, -0.05) is 41.9 Å². The second-order valence-corrected chi connectivity index (χ2v) is 9.33. The summed E-state index contributed by atoms with van der Waals surface area (Å²) in [6.45, 7) is 0.446. The number of hydrogen-bond acceptors (Lipinski definition) is 3. The van der Waals surface area contributed by atoms with Crippen LogP contribution in [0.4, 0.5) is 10.5 Å². The molecule has 0 bridgehead atoms. The van der Waals surface area contributed by atoms with Crippen LogP contribution in [0.15, 0.2) is 90.0 Å². The molecule has 34 heavy (non-hydrogen) atoms.